The zero-order chi connectivity index (χ0) is 21.3. The topological polar surface area (TPSA) is 125 Å². The number of amides is 2. The van der Waals surface area contributed by atoms with Crippen LogP contribution in [-0.4, -0.2) is 57.9 Å². The van der Waals surface area contributed by atoms with Crippen molar-refractivity contribution in [1.82, 2.24) is 10.6 Å². The number of ether oxygens (including phenoxy) is 1. The molecular weight excluding hydrogens is 384 g/mol. The number of phenolic OH excluding ortho intramolecular Hbond substituents is 1. The number of alkyl carbamates (subject to hydrolysis) is 1. The van der Waals surface area contributed by atoms with E-state index in [1.165, 1.54) is 23.9 Å². The number of carbonyl (C=O) groups excluding carboxylic acids is 2. The first-order valence-electron chi connectivity index (χ1n) is 8.81. The summed E-state index contributed by atoms with van der Waals surface area (Å²) < 4.78 is 5.20. The van der Waals surface area contributed by atoms with Gasteiger partial charge in [0.2, 0.25) is 5.91 Å². The fraction of sp³-hybridized carbons (Fsp3) is 0.526. The molecule has 1 aromatic rings. The molecule has 0 bridgehead atoms. The van der Waals surface area contributed by atoms with Crippen molar-refractivity contribution in [1.29, 1.82) is 0 Å². The van der Waals surface area contributed by atoms with E-state index in [0.717, 1.165) is 0 Å². The molecule has 9 heteroatoms. The van der Waals surface area contributed by atoms with Crippen LogP contribution in [0.3, 0.4) is 0 Å². The number of carboxylic acid groups (broad SMARTS) is 1. The summed E-state index contributed by atoms with van der Waals surface area (Å²) in [7, 11) is 0. The number of hydrogen-bond acceptors (Lipinski definition) is 6. The maximum Gasteiger partial charge on any atom is 0.408 e. The molecule has 2 amide bonds. The molecule has 8 nitrogen and oxygen atoms in total. The van der Waals surface area contributed by atoms with Gasteiger partial charge in [-0.2, -0.15) is 11.8 Å². The predicted octanol–water partition coefficient (Wildman–Crippen LogP) is 2.15. The fourth-order valence-corrected chi connectivity index (χ4v) is 2.76. The Morgan fingerprint density at radius 1 is 1.11 bits per heavy atom. The normalized spacial score (nSPS) is 13.3. The third-order valence-electron chi connectivity index (χ3n) is 3.61. The lowest BCUT2D eigenvalue weighted by molar-refractivity contribution is -0.142. The van der Waals surface area contributed by atoms with Crippen molar-refractivity contribution in [3.8, 4) is 5.75 Å². The highest BCUT2D eigenvalue weighted by atomic mass is 32.2. The van der Waals surface area contributed by atoms with Crippen LogP contribution in [0.2, 0.25) is 0 Å². The molecule has 0 radical (unpaired) electrons. The molecule has 0 aliphatic rings. The van der Waals surface area contributed by atoms with Gasteiger partial charge in [0.25, 0.3) is 0 Å². The van der Waals surface area contributed by atoms with E-state index in [4.69, 9.17) is 4.74 Å². The van der Waals surface area contributed by atoms with Crippen molar-refractivity contribution >= 4 is 29.7 Å². The summed E-state index contributed by atoms with van der Waals surface area (Å²) in [6.07, 6.45) is 1.45. The molecule has 0 aromatic heterocycles. The average Bonchev–Trinajstić information content (AvgIpc) is 2.57. The number of hydrogen-bond donors (Lipinski definition) is 4. The van der Waals surface area contributed by atoms with Crippen LogP contribution in [0, 0.1) is 0 Å². The van der Waals surface area contributed by atoms with Gasteiger partial charge in [0.15, 0.2) is 0 Å². The van der Waals surface area contributed by atoms with Gasteiger partial charge in [-0.1, -0.05) is 12.1 Å². The van der Waals surface area contributed by atoms with Gasteiger partial charge in [0, 0.05) is 6.42 Å². The first-order valence-corrected chi connectivity index (χ1v) is 10.2. The van der Waals surface area contributed by atoms with Crippen LogP contribution in [0.4, 0.5) is 4.79 Å². The minimum atomic E-state index is -1.14. The van der Waals surface area contributed by atoms with Crippen LogP contribution >= 0.6 is 11.8 Å². The Labute approximate surface area is 169 Å². The molecule has 2 atom stereocenters. The second kappa shape index (κ2) is 10.8. The van der Waals surface area contributed by atoms with Crippen molar-refractivity contribution < 1.29 is 29.3 Å². The summed E-state index contributed by atoms with van der Waals surface area (Å²) in [5, 5.41) is 23.7. The number of benzene rings is 1. The quantitative estimate of drug-likeness (QED) is 0.490. The summed E-state index contributed by atoms with van der Waals surface area (Å²) in [5.41, 5.74) is -0.0593. The molecule has 0 aliphatic heterocycles. The molecule has 0 saturated carbocycles. The lowest BCUT2D eigenvalue weighted by Crippen LogP contribution is -2.53. The van der Waals surface area contributed by atoms with E-state index >= 15 is 0 Å². The molecule has 1 rings (SSSR count). The van der Waals surface area contributed by atoms with Crippen LogP contribution in [0.1, 0.15) is 32.8 Å². The third-order valence-corrected chi connectivity index (χ3v) is 4.25. The van der Waals surface area contributed by atoms with Crippen LogP contribution < -0.4 is 10.6 Å². The number of nitrogens with one attached hydrogen (secondary N) is 2. The van der Waals surface area contributed by atoms with E-state index in [-0.39, 0.29) is 18.6 Å². The number of aromatic hydroxyl groups is 1. The average molecular weight is 413 g/mol. The molecule has 28 heavy (non-hydrogen) atoms. The van der Waals surface area contributed by atoms with E-state index in [2.05, 4.69) is 10.6 Å². The van der Waals surface area contributed by atoms with E-state index in [1.807, 2.05) is 6.26 Å². The van der Waals surface area contributed by atoms with Gasteiger partial charge in [-0.05, 0) is 56.9 Å². The van der Waals surface area contributed by atoms with Crippen LogP contribution in [0.15, 0.2) is 24.3 Å². The Balaban J connectivity index is 2.93. The highest BCUT2D eigenvalue weighted by Gasteiger charge is 2.28. The molecule has 1 aromatic carbocycles. The zero-order valence-corrected chi connectivity index (χ0v) is 17.3. The van der Waals surface area contributed by atoms with Gasteiger partial charge in [0.1, 0.15) is 23.4 Å². The summed E-state index contributed by atoms with van der Waals surface area (Å²) >= 11 is 1.48. The lowest BCUT2D eigenvalue weighted by atomic mass is 10.0. The Kier molecular flexibility index (Phi) is 9.11. The van der Waals surface area contributed by atoms with Gasteiger partial charge >= 0.3 is 12.1 Å². The Morgan fingerprint density at radius 3 is 2.21 bits per heavy atom. The van der Waals surface area contributed by atoms with Gasteiger partial charge < -0.3 is 25.6 Å². The summed E-state index contributed by atoms with van der Waals surface area (Å²) in [5.74, 6) is -1.11. The number of carbonyl (C=O) groups is 3. The SMILES string of the molecule is CSCC[C@@H](NC(=O)[C@H](Cc1ccc(O)cc1)NC(=O)OC(C)(C)C)C(=O)O. The fourth-order valence-electron chi connectivity index (χ4n) is 2.29. The van der Waals surface area contributed by atoms with E-state index < -0.39 is 35.7 Å². The molecule has 4 N–H and O–H groups in total. The standard InChI is InChI=1S/C19H28N2O6S/c1-19(2,3)27-18(26)21-15(11-12-5-7-13(22)8-6-12)16(23)20-14(17(24)25)9-10-28-4/h5-8,14-15,22H,9-11H2,1-4H3,(H,20,23)(H,21,26)(H,24,25)/t14-,15+/m1/s1. The summed E-state index contributed by atoms with van der Waals surface area (Å²) in [6.45, 7) is 5.10. The molecule has 0 spiro atoms. The van der Waals surface area contributed by atoms with Crippen molar-refractivity contribution in [3.63, 3.8) is 0 Å². The molecule has 0 heterocycles. The van der Waals surface area contributed by atoms with Gasteiger partial charge in [-0.3, -0.25) is 4.79 Å². The number of rotatable bonds is 9. The molecule has 0 unspecified atom stereocenters. The summed E-state index contributed by atoms with van der Waals surface area (Å²) in [6, 6.07) is 4.09. The van der Waals surface area contributed by atoms with Crippen molar-refractivity contribution in [2.45, 2.75) is 51.3 Å². The Bertz CT molecular complexity index is 672. The van der Waals surface area contributed by atoms with E-state index in [0.29, 0.717) is 11.3 Å². The van der Waals surface area contributed by atoms with Crippen molar-refractivity contribution in [3.05, 3.63) is 29.8 Å². The largest absolute Gasteiger partial charge is 0.508 e. The van der Waals surface area contributed by atoms with Crippen LogP contribution in [0.5, 0.6) is 5.75 Å². The van der Waals surface area contributed by atoms with Crippen LogP contribution in [0.25, 0.3) is 0 Å². The Morgan fingerprint density at radius 2 is 1.71 bits per heavy atom. The first-order chi connectivity index (χ1) is 13.0. The van der Waals surface area contributed by atoms with Crippen molar-refractivity contribution in [2.24, 2.45) is 0 Å². The minimum Gasteiger partial charge on any atom is -0.508 e. The monoisotopic (exact) mass is 412 g/mol. The number of aliphatic carboxylic acids is 1. The Hall–Kier alpha value is -2.42. The van der Waals surface area contributed by atoms with Crippen LogP contribution in [-0.2, 0) is 20.7 Å². The second-order valence-corrected chi connectivity index (χ2v) is 8.24. The van der Waals surface area contributed by atoms with Gasteiger partial charge in [-0.15, -0.1) is 0 Å². The molecule has 156 valence electrons. The second-order valence-electron chi connectivity index (χ2n) is 7.25. The molecular formula is C19H28N2O6S. The van der Waals surface area contributed by atoms with E-state index in [1.54, 1.807) is 32.9 Å². The zero-order valence-electron chi connectivity index (χ0n) is 16.5. The third kappa shape index (κ3) is 8.98. The lowest BCUT2D eigenvalue weighted by Gasteiger charge is -2.24. The molecule has 0 fully saturated rings. The van der Waals surface area contributed by atoms with E-state index in [9.17, 15) is 24.6 Å². The highest BCUT2D eigenvalue weighted by molar-refractivity contribution is 7.98. The minimum absolute atomic E-state index is 0.0767. The molecule has 0 aliphatic carbocycles. The maximum absolute atomic E-state index is 12.7. The smallest absolute Gasteiger partial charge is 0.408 e. The van der Waals surface area contributed by atoms with Crippen molar-refractivity contribution in [2.75, 3.05) is 12.0 Å². The maximum atomic E-state index is 12.7. The predicted molar refractivity (Wildman–Crippen MR) is 108 cm³/mol. The number of phenols is 1. The van der Waals surface area contributed by atoms with Gasteiger partial charge in [0.05, 0.1) is 0 Å². The van der Waals surface area contributed by atoms with Gasteiger partial charge in [-0.25, -0.2) is 9.59 Å². The highest BCUT2D eigenvalue weighted by Crippen LogP contribution is 2.13. The number of carboxylic acids is 1. The molecule has 0 saturated heterocycles. The number of thioether (sulfide) groups is 1. The summed E-state index contributed by atoms with van der Waals surface area (Å²) in [4.78, 5) is 36.2. The first kappa shape index (κ1) is 23.6.